The molecule has 0 unspecified atom stereocenters. The van der Waals surface area contributed by atoms with Crippen LogP contribution in [0.1, 0.15) is 43.0 Å². The van der Waals surface area contributed by atoms with Crippen molar-refractivity contribution in [3.05, 3.63) is 105 Å². The molecular weight excluding hydrogens is 388 g/mol. The number of phenolic OH excluding ortho intramolecular Hbond substituents is 1. The van der Waals surface area contributed by atoms with Crippen LogP contribution in [0.5, 0.6) is 11.5 Å². The SMILES string of the molecule is COc1cc(/C=C2\Cc3ccccc3C2=O)c(O)c(/C=C2\Cc3ccccc3C2=O)c1. The first-order valence-electron chi connectivity index (χ1n) is 10.1. The Bertz CT molecular complexity index is 1210. The van der Waals surface area contributed by atoms with E-state index in [4.69, 9.17) is 4.74 Å². The molecule has 0 saturated carbocycles. The van der Waals surface area contributed by atoms with Gasteiger partial charge in [0.15, 0.2) is 11.6 Å². The quantitative estimate of drug-likeness (QED) is 0.617. The Balaban J connectivity index is 1.55. The van der Waals surface area contributed by atoms with Gasteiger partial charge in [0, 0.05) is 46.2 Å². The number of benzene rings is 3. The van der Waals surface area contributed by atoms with E-state index in [9.17, 15) is 14.7 Å². The molecule has 0 aromatic heterocycles. The van der Waals surface area contributed by atoms with Crippen LogP contribution in [0.15, 0.2) is 71.8 Å². The second kappa shape index (κ2) is 7.40. The van der Waals surface area contributed by atoms with Gasteiger partial charge in [0.1, 0.15) is 11.5 Å². The number of ether oxygens (including phenoxy) is 1. The van der Waals surface area contributed by atoms with Gasteiger partial charge in [-0.25, -0.2) is 0 Å². The summed E-state index contributed by atoms with van der Waals surface area (Å²) in [7, 11) is 1.55. The number of hydrogen-bond acceptors (Lipinski definition) is 4. The molecular formula is C27H20O4. The molecule has 152 valence electrons. The van der Waals surface area contributed by atoms with E-state index in [-0.39, 0.29) is 17.3 Å². The summed E-state index contributed by atoms with van der Waals surface area (Å²) in [5, 5.41) is 11.0. The predicted molar refractivity (Wildman–Crippen MR) is 120 cm³/mol. The smallest absolute Gasteiger partial charge is 0.189 e. The van der Waals surface area contributed by atoms with Crippen molar-refractivity contribution in [2.75, 3.05) is 7.11 Å². The van der Waals surface area contributed by atoms with Crippen LogP contribution in [0.2, 0.25) is 0 Å². The minimum atomic E-state index is -0.0286. The number of carbonyl (C=O) groups excluding carboxylic acids is 2. The zero-order valence-electron chi connectivity index (χ0n) is 17.0. The van der Waals surface area contributed by atoms with Gasteiger partial charge < -0.3 is 9.84 Å². The summed E-state index contributed by atoms with van der Waals surface area (Å²) in [5.41, 5.74) is 5.59. The van der Waals surface area contributed by atoms with E-state index in [1.165, 1.54) is 0 Å². The van der Waals surface area contributed by atoms with Gasteiger partial charge in [0.2, 0.25) is 0 Å². The summed E-state index contributed by atoms with van der Waals surface area (Å²) < 4.78 is 5.42. The molecule has 3 aromatic rings. The molecule has 3 aromatic carbocycles. The predicted octanol–water partition coefficient (Wildman–Crippen LogP) is 5.05. The number of ketones is 2. The molecule has 0 amide bonds. The number of allylic oxidation sites excluding steroid dienone is 2. The van der Waals surface area contributed by atoms with Crippen LogP contribution in [0.3, 0.4) is 0 Å². The average Bonchev–Trinajstić information content (AvgIpc) is 3.27. The molecule has 4 nitrogen and oxygen atoms in total. The molecule has 0 fully saturated rings. The Hall–Kier alpha value is -3.92. The van der Waals surface area contributed by atoms with E-state index in [2.05, 4.69) is 0 Å². The lowest BCUT2D eigenvalue weighted by molar-refractivity contribution is 0.103. The maximum Gasteiger partial charge on any atom is 0.189 e. The molecule has 0 radical (unpaired) electrons. The summed E-state index contributed by atoms with van der Waals surface area (Å²) >= 11 is 0. The van der Waals surface area contributed by atoms with E-state index < -0.39 is 0 Å². The topological polar surface area (TPSA) is 63.6 Å². The largest absolute Gasteiger partial charge is 0.507 e. The molecule has 0 bridgehead atoms. The maximum absolute atomic E-state index is 12.8. The minimum absolute atomic E-state index is 0.0216. The first kappa shape index (κ1) is 19.1. The highest BCUT2D eigenvalue weighted by Crippen LogP contribution is 2.36. The number of aromatic hydroxyl groups is 1. The lowest BCUT2D eigenvalue weighted by Gasteiger charge is -2.09. The highest BCUT2D eigenvalue weighted by molar-refractivity contribution is 6.16. The third-order valence-electron chi connectivity index (χ3n) is 5.91. The Morgan fingerprint density at radius 1 is 0.774 bits per heavy atom. The fraction of sp³-hybridized carbons (Fsp3) is 0.111. The van der Waals surface area contributed by atoms with E-state index in [0.29, 0.717) is 52.0 Å². The Labute approximate surface area is 180 Å². The normalized spacial score (nSPS) is 17.3. The van der Waals surface area contributed by atoms with Crippen molar-refractivity contribution >= 4 is 23.7 Å². The number of methoxy groups -OCH3 is 1. The molecule has 0 aliphatic heterocycles. The van der Waals surface area contributed by atoms with Crippen LogP contribution < -0.4 is 4.74 Å². The van der Waals surface area contributed by atoms with Gasteiger partial charge in [0.25, 0.3) is 0 Å². The summed E-state index contributed by atoms with van der Waals surface area (Å²) in [4.78, 5) is 25.5. The first-order chi connectivity index (χ1) is 15.0. The van der Waals surface area contributed by atoms with Gasteiger partial charge in [-0.3, -0.25) is 9.59 Å². The highest BCUT2D eigenvalue weighted by atomic mass is 16.5. The second-order valence-electron chi connectivity index (χ2n) is 7.82. The van der Waals surface area contributed by atoms with Crippen LogP contribution in [0.4, 0.5) is 0 Å². The van der Waals surface area contributed by atoms with E-state index in [0.717, 1.165) is 11.1 Å². The van der Waals surface area contributed by atoms with Crippen LogP contribution in [-0.4, -0.2) is 23.8 Å². The molecule has 31 heavy (non-hydrogen) atoms. The van der Waals surface area contributed by atoms with Crippen LogP contribution >= 0.6 is 0 Å². The zero-order valence-corrected chi connectivity index (χ0v) is 17.0. The third-order valence-corrected chi connectivity index (χ3v) is 5.91. The standard InChI is InChI=1S/C27H20O4/c1-31-22-14-20(12-18-10-16-6-2-4-8-23(16)26(18)29)25(28)21(15-22)13-19-11-17-7-3-5-9-24(17)27(19)30/h2-9,12-15,28H,10-11H2,1H3/b18-12+,19-13+. The van der Waals surface area contributed by atoms with Crippen molar-refractivity contribution in [2.45, 2.75) is 12.8 Å². The molecule has 0 heterocycles. The zero-order chi connectivity index (χ0) is 21.5. The lowest BCUT2D eigenvalue weighted by atomic mass is 10.0. The molecule has 0 atom stereocenters. The Kier molecular flexibility index (Phi) is 4.55. The second-order valence-corrected chi connectivity index (χ2v) is 7.82. The number of carbonyl (C=O) groups is 2. The molecule has 1 N–H and O–H groups in total. The number of phenols is 1. The van der Waals surface area contributed by atoms with Gasteiger partial charge >= 0.3 is 0 Å². The molecule has 2 aliphatic carbocycles. The minimum Gasteiger partial charge on any atom is -0.507 e. The van der Waals surface area contributed by atoms with Crippen molar-refractivity contribution in [3.8, 4) is 11.5 Å². The average molecular weight is 408 g/mol. The van der Waals surface area contributed by atoms with Crippen LogP contribution in [-0.2, 0) is 12.8 Å². The van der Waals surface area contributed by atoms with E-state index in [1.807, 2.05) is 48.5 Å². The lowest BCUT2D eigenvalue weighted by Crippen LogP contribution is -1.97. The van der Waals surface area contributed by atoms with Crippen molar-refractivity contribution in [1.82, 2.24) is 0 Å². The molecule has 0 saturated heterocycles. The third kappa shape index (κ3) is 3.26. The maximum atomic E-state index is 12.8. The van der Waals surface area contributed by atoms with Gasteiger partial charge in [-0.15, -0.1) is 0 Å². The van der Waals surface area contributed by atoms with E-state index in [1.54, 1.807) is 31.4 Å². The van der Waals surface area contributed by atoms with Crippen LogP contribution in [0, 0.1) is 0 Å². The number of Topliss-reactive ketones (excluding diaryl/α,β-unsaturated/α-hetero) is 2. The first-order valence-corrected chi connectivity index (χ1v) is 10.1. The van der Waals surface area contributed by atoms with Crippen molar-refractivity contribution in [1.29, 1.82) is 0 Å². The number of fused-ring (bicyclic) bond motifs is 2. The van der Waals surface area contributed by atoms with Crippen molar-refractivity contribution in [3.63, 3.8) is 0 Å². The summed E-state index contributed by atoms with van der Waals surface area (Å²) in [6.45, 7) is 0. The molecule has 5 rings (SSSR count). The highest BCUT2D eigenvalue weighted by Gasteiger charge is 2.26. The van der Waals surface area contributed by atoms with Gasteiger partial charge in [-0.05, 0) is 35.4 Å². The summed E-state index contributed by atoms with van der Waals surface area (Å²) in [5.74, 6) is 0.508. The summed E-state index contributed by atoms with van der Waals surface area (Å²) in [6.07, 6.45) is 4.48. The Morgan fingerprint density at radius 3 is 1.65 bits per heavy atom. The summed E-state index contributed by atoms with van der Waals surface area (Å²) in [6, 6.07) is 18.5. The van der Waals surface area contributed by atoms with Crippen LogP contribution in [0.25, 0.3) is 12.2 Å². The van der Waals surface area contributed by atoms with Gasteiger partial charge in [0.05, 0.1) is 7.11 Å². The Morgan fingerprint density at radius 2 is 1.23 bits per heavy atom. The number of hydrogen-bond donors (Lipinski definition) is 1. The fourth-order valence-electron chi connectivity index (χ4n) is 4.31. The monoisotopic (exact) mass is 408 g/mol. The number of rotatable bonds is 3. The molecule has 0 spiro atoms. The molecule has 2 aliphatic rings. The van der Waals surface area contributed by atoms with Gasteiger partial charge in [-0.2, -0.15) is 0 Å². The van der Waals surface area contributed by atoms with Crippen molar-refractivity contribution < 1.29 is 19.4 Å². The molecule has 4 heteroatoms. The van der Waals surface area contributed by atoms with Crippen molar-refractivity contribution in [2.24, 2.45) is 0 Å². The van der Waals surface area contributed by atoms with Gasteiger partial charge in [-0.1, -0.05) is 48.5 Å². The van der Waals surface area contributed by atoms with E-state index >= 15 is 0 Å². The fourth-order valence-corrected chi connectivity index (χ4v) is 4.31.